The third-order valence-electron chi connectivity index (χ3n) is 5.03. The first kappa shape index (κ1) is 14.6. The molecule has 1 aromatic carbocycles. The molecule has 1 N–H and O–H groups in total. The minimum Gasteiger partial charge on any atom is -0.389 e. The Morgan fingerprint density at radius 3 is 2.26 bits per heavy atom. The Morgan fingerprint density at radius 2 is 1.68 bits per heavy atom. The molecule has 1 nitrogen and oxygen atoms in total. The predicted octanol–water partition coefficient (Wildman–Crippen LogP) is 4.34. The van der Waals surface area contributed by atoms with Crippen LogP contribution >= 0.6 is 0 Å². The molecule has 1 aliphatic rings. The highest BCUT2D eigenvalue weighted by Gasteiger charge is 2.39. The van der Waals surface area contributed by atoms with Crippen LogP contribution in [0.5, 0.6) is 0 Å². The van der Waals surface area contributed by atoms with Crippen LogP contribution in [0.15, 0.2) is 12.1 Å². The number of rotatable bonds is 2. The summed E-state index contributed by atoms with van der Waals surface area (Å²) in [5.41, 5.74) is 4.82. The summed E-state index contributed by atoms with van der Waals surface area (Å²) >= 11 is 0. The molecule has 0 spiro atoms. The van der Waals surface area contributed by atoms with Crippen molar-refractivity contribution in [2.75, 3.05) is 0 Å². The zero-order valence-corrected chi connectivity index (χ0v) is 13.1. The van der Waals surface area contributed by atoms with E-state index in [-0.39, 0.29) is 0 Å². The van der Waals surface area contributed by atoms with E-state index in [9.17, 15) is 5.11 Å². The Kier molecular flexibility index (Phi) is 4.06. The zero-order chi connectivity index (χ0) is 14.2. The van der Waals surface area contributed by atoms with E-state index in [2.05, 4.69) is 46.8 Å². The van der Waals surface area contributed by atoms with E-state index >= 15 is 0 Å². The van der Waals surface area contributed by atoms with Gasteiger partial charge in [0.05, 0.1) is 5.60 Å². The predicted molar refractivity (Wildman–Crippen MR) is 81.5 cm³/mol. The molecule has 0 bridgehead atoms. The molecule has 0 amide bonds. The van der Waals surface area contributed by atoms with Crippen molar-refractivity contribution < 1.29 is 5.11 Å². The summed E-state index contributed by atoms with van der Waals surface area (Å²) in [5, 5.41) is 11.1. The lowest BCUT2D eigenvalue weighted by Crippen LogP contribution is -2.44. The van der Waals surface area contributed by atoms with Crippen molar-refractivity contribution in [3.8, 4) is 0 Å². The van der Waals surface area contributed by atoms with Crippen LogP contribution in [0.1, 0.15) is 55.4 Å². The van der Waals surface area contributed by atoms with Gasteiger partial charge in [-0.05, 0) is 62.1 Å². The van der Waals surface area contributed by atoms with Gasteiger partial charge in [-0.15, -0.1) is 0 Å². The lowest BCUT2D eigenvalue weighted by atomic mass is 9.69. The lowest BCUT2D eigenvalue weighted by molar-refractivity contribution is -0.0562. The number of benzene rings is 1. The fourth-order valence-corrected chi connectivity index (χ4v) is 3.75. The van der Waals surface area contributed by atoms with Crippen LogP contribution in [0.3, 0.4) is 0 Å². The molecule has 0 aliphatic heterocycles. The van der Waals surface area contributed by atoms with Crippen molar-refractivity contribution in [2.24, 2.45) is 11.8 Å². The second-order valence-electron chi connectivity index (χ2n) is 6.95. The Bertz CT molecular complexity index is 440. The Balaban J connectivity index is 2.29. The van der Waals surface area contributed by atoms with E-state index < -0.39 is 5.60 Å². The van der Waals surface area contributed by atoms with Gasteiger partial charge in [-0.1, -0.05) is 38.0 Å². The first-order valence-electron chi connectivity index (χ1n) is 7.61. The summed E-state index contributed by atoms with van der Waals surface area (Å²) < 4.78 is 0. The van der Waals surface area contributed by atoms with Gasteiger partial charge in [-0.3, -0.25) is 0 Å². The molecule has 19 heavy (non-hydrogen) atoms. The van der Waals surface area contributed by atoms with Crippen LogP contribution in [-0.4, -0.2) is 10.7 Å². The van der Waals surface area contributed by atoms with Crippen molar-refractivity contribution in [3.05, 3.63) is 34.4 Å². The van der Waals surface area contributed by atoms with Gasteiger partial charge in [0, 0.05) is 6.42 Å². The number of aliphatic hydroxyl groups is 1. The van der Waals surface area contributed by atoms with Crippen LogP contribution in [0.2, 0.25) is 0 Å². The van der Waals surface area contributed by atoms with E-state index in [1.807, 2.05) is 0 Å². The van der Waals surface area contributed by atoms with Crippen molar-refractivity contribution in [3.63, 3.8) is 0 Å². The van der Waals surface area contributed by atoms with Crippen molar-refractivity contribution in [1.29, 1.82) is 0 Å². The van der Waals surface area contributed by atoms with Crippen molar-refractivity contribution >= 4 is 0 Å². The Hall–Kier alpha value is -0.820. The van der Waals surface area contributed by atoms with E-state index in [0.717, 1.165) is 19.3 Å². The number of hydrogen-bond acceptors (Lipinski definition) is 1. The number of aryl methyl sites for hydroxylation is 3. The van der Waals surface area contributed by atoms with E-state index in [4.69, 9.17) is 0 Å². The minimum absolute atomic E-state index is 0.406. The Morgan fingerprint density at radius 1 is 1.11 bits per heavy atom. The summed E-state index contributed by atoms with van der Waals surface area (Å²) in [5.74, 6) is 1.05. The van der Waals surface area contributed by atoms with Crippen LogP contribution in [0.25, 0.3) is 0 Å². The summed E-state index contributed by atoms with van der Waals surface area (Å²) in [4.78, 5) is 0. The fraction of sp³-hybridized carbons (Fsp3) is 0.667. The molecular formula is C18H28O. The van der Waals surface area contributed by atoms with Crippen LogP contribution in [-0.2, 0) is 6.42 Å². The topological polar surface area (TPSA) is 20.2 Å². The minimum atomic E-state index is -0.511. The lowest BCUT2D eigenvalue weighted by Gasteiger charge is -2.41. The molecule has 3 unspecified atom stereocenters. The molecule has 0 aromatic heterocycles. The maximum absolute atomic E-state index is 11.1. The molecule has 1 heteroatoms. The molecule has 0 saturated heterocycles. The van der Waals surface area contributed by atoms with E-state index in [1.54, 1.807) is 0 Å². The third kappa shape index (κ3) is 3.02. The largest absolute Gasteiger partial charge is 0.389 e. The molecule has 1 aliphatic carbocycles. The second-order valence-corrected chi connectivity index (χ2v) is 6.95. The first-order chi connectivity index (χ1) is 8.82. The van der Waals surface area contributed by atoms with Gasteiger partial charge in [-0.2, -0.15) is 0 Å². The highest BCUT2D eigenvalue weighted by Crippen LogP contribution is 2.40. The molecule has 106 valence electrons. The zero-order valence-electron chi connectivity index (χ0n) is 13.1. The maximum Gasteiger partial charge on any atom is 0.0716 e. The van der Waals surface area contributed by atoms with E-state index in [0.29, 0.717) is 11.8 Å². The van der Waals surface area contributed by atoms with Crippen LogP contribution in [0.4, 0.5) is 0 Å². The van der Waals surface area contributed by atoms with Gasteiger partial charge < -0.3 is 5.11 Å². The molecule has 0 heterocycles. The summed E-state index contributed by atoms with van der Waals surface area (Å²) in [7, 11) is 0. The van der Waals surface area contributed by atoms with Crippen LogP contribution < -0.4 is 0 Å². The van der Waals surface area contributed by atoms with Gasteiger partial charge in [-0.25, -0.2) is 0 Å². The SMILES string of the molecule is Cc1cc(C)c(CC2(O)CC(C)CCC2C)c(C)c1. The van der Waals surface area contributed by atoms with Gasteiger partial charge in [0.2, 0.25) is 0 Å². The molecule has 1 saturated carbocycles. The highest BCUT2D eigenvalue weighted by atomic mass is 16.3. The molecule has 1 fully saturated rings. The summed E-state index contributed by atoms with van der Waals surface area (Å²) in [6.45, 7) is 11.0. The molecule has 1 aromatic rings. The van der Waals surface area contributed by atoms with E-state index in [1.165, 1.54) is 28.7 Å². The van der Waals surface area contributed by atoms with Gasteiger partial charge in [0.25, 0.3) is 0 Å². The Labute approximate surface area is 118 Å². The van der Waals surface area contributed by atoms with Crippen molar-refractivity contribution in [2.45, 2.75) is 65.9 Å². The first-order valence-corrected chi connectivity index (χ1v) is 7.61. The average Bonchev–Trinajstić information content (AvgIpc) is 2.29. The van der Waals surface area contributed by atoms with Crippen molar-refractivity contribution in [1.82, 2.24) is 0 Å². The third-order valence-corrected chi connectivity index (χ3v) is 5.03. The van der Waals surface area contributed by atoms with Gasteiger partial charge in [0.1, 0.15) is 0 Å². The second kappa shape index (κ2) is 5.28. The monoisotopic (exact) mass is 260 g/mol. The summed E-state index contributed by atoms with van der Waals surface area (Å²) in [6.07, 6.45) is 4.17. The molecule has 2 rings (SSSR count). The summed E-state index contributed by atoms with van der Waals surface area (Å²) in [6, 6.07) is 4.48. The normalized spacial score (nSPS) is 31.5. The maximum atomic E-state index is 11.1. The molecule has 3 atom stereocenters. The quantitative estimate of drug-likeness (QED) is 0.838. The molecular weight excluding hydrogens is 232 g/mol. The highest BCUT2D eigenvalue weighted by molar-refractivity contribution is 5.38. The average molecular weight is 260 g/mol. The van der Waals surface area contributed by atoms with Gasteiger partial charge in [0.15, 0.2) is 0 Å². The standard InChI is InChI=1S/C18H28O/c1-12-6-7-16(5)18(19,10-12)11-17-14(3)8-13(2)9-15(17)4/h8-9,12,16,19H,6-7,10-11H2,1-5H3. The fourth-order valence-electron chi connectivity index (χ4n) is 3.75. The smallest absolute Gasteiger partial charge is 0.0716 e. The van der Waals surface area contributed by atoms with Gasteiger partial charge >= 0.3 is 0 Å². The molecule has 0 radical (unpaired) electrons. The van der Waals surface area contributed by atoms with Crippen LogP contribution in [0, 0.1) is 32.6 Å². The number of hydrogen-bond donors (Lipinski definition) is 1.